The molecule has 19 heavy (non-hydrogen) atoms. The minimum Gasteiger partial charge on any atom is -0.399 e. The largest absolute Gasteiger partial charge is 0.399 e. The van der Waals surface area contributed by atoms with Crippen LogP contribution in [0, 0.1) is 5.41 Å². The molecule has 0 spiro atoms. The number of rotatable bonds is 2. The number of nitrogens with zero attached hydrogens (tertiary/aromatic N) is 1. The SMILES string of the molecule is CC(C)(C)CC(C)(C)n1c(=O)[nH]c2ccc(N)cc21. The van der Waals surface area contributed by atoms with Gasteiger partial charge in [0, 0.05) is 11.2 Å². The summed E-state index contributed by atoms with van der Waals surface area (Å²) < 4.78 is 1.82. The Morgan fingerprint density at radius 1 is 1.21 bits per heavy atom. The van der Waals surface area contributed by atoms with Gasteiger partial charge in [0.2, 0.25) is 0 Å². The van der Waals surface area contributed by atoms with Crippen LogP contribution in [0.3, 0.4) is 0 Å². The van der Waals surface area contributed by atoms with E-state index in [4.69, 9.17) is 5.73 Å². The molecule has 0 unspecified atom stereocenters. The molecule has 4 heteroatoms. The number of hydrogen-bond donors (Lipinski definition) is 2. The molecule has 4 nitrogen and oxygen atoms in total. The standard InChI is InChI=1S/C15H23N3O/c1-14(2,3)9-15(4,5)18-12-8-10(16)6-7-11(12)17-13(18)19/h6-8H,9,16H2,1-5H3,(H,17,19). The Hall–Kier alpha value is -1.71. The first-order chi connectivity index (χ1) is 8.60. The van der Waals surface area contributed by atoms with Crippen LogP contribution in [-0.2, 0) is 5.54 Å². The third-order valence-corrected chi connectivity index (χ3v) is 3.28. The monoisotopic (exact) mass is 261 g/mol. The second-order valence-electron chi connectivity index (χ2n) is 7.09. The van der Waals surface area contributed by atoms with Crippen LogP contribution in [0.5, 0.6) is 0 Å². The van der Waals surface area contributed by atoms with E-state index >= 15 is 0 Å². The van der Waals surface area contributed by atoms with Crippen molar-refractivity contribution in [3.05, 3.63) is 28.7 Å². The zero-order valence-electron chi connectivity index (χ0n) is 12.4. The van der Waals surface area contributed by atoms with Gasteiger partial charge in [-0.25, -0.2) is 4.79 Å². The molecule has 0 aliphatic heterocycles. The van der Waals surface area contributed by atoms with E-state index in [1.807, 2.05) is 16.7 Å². The van der Waals surface area contributed by atoms with Crippen molar-refractivity contribution in [2.24, 2.45) is 5.41 Å². The van der Waals surface area contributed by atoms with E-state index in [0.717, 1.165) is 17.5 Å². The van der Waals surface area contributed by atoms with Crippen molar-refractivity contribution >= 4 is 16.7 Å². The second kappa shape index (κ2) is 4.15. The Labute approximate surface area is 113 Å². The van der Waals surface area contributed by atoms with Gasteiger partial charge in [0.05, 0.1) is 11.0 Å². The number of nitrogens with two attached hydrogens (primary N) is 1. The summed E-state index contributed by atoms with van der Waals surface area (Å²) in [6.45, 7) is 10.7. The summed E-state index contributed by atoms with van der Waals surface area (Å²) >= 11 is 0. The highest BCUT2D eigenvalue weighted by molar-refractivity contribution is 5.79. The van der Waals surface area contributed by atoms with Gasteiger partial charge in [-0.3, -0.25) is 4.57 Å². The van der Waals surface area contributed by atoms with Gasteiger partial charge in [-0.15, -0.1) is 0 Å². The summed E-state index contributed by atoms with van der Waals surface area (Å²) in [5, 5.41) is 0. The number of anilines is 1. The van der Waals surface area contributed by atoms with E-state index in [9.17, 15) is 4.79 Å². The molecular formula is C15H23N3O. The first-order valence-corrected chi connectivity index (χ1v) is 6.61. The summed E-state index contributed by atoms with van der Waals surface area (Å²) in [4.78, 5) is 15.1. The van der Waals surface area contributed by atoms with Gasteiger partial charge in [-0.2, -0.15) is 0 Å². The van der Waals surface area contributed by atoms with Crippen LogP contribution in [0.4, 0.5) is 5.69 Å². The summed E-state index contributed by atoms with van der Waals surface area (Å²) in [5.41, 5.74) is 8.03. The molecular weight excluding hydrogens is 238 g/mol. The van der Waals surface area contributed by atoms with Crippen LogP contribution in [0.25, 0.3) is 11.0 Å². The fourth-order valence-electron chi connectivity index (χ4n) is 3.10. The Balaban J connectivity index is 2.64. The van der Waals surface area contributed by atoms with Crippen molar-refractivity contribution in [1.82, 2.24) is 9.55 Å². The Morgan fingerprint density at radius 2 is 1.84 bits per heavy atom. The van der Waals surface area contributed by atoms with Crippen LogP contribution in [0.2, 0.25) is 0 Å². The third-order valence-electron chi connectivity index (χ3n) is 3.28. The number of aromatic nitrogens is 2. The highest BCUT2D eigenvalue weighted by Crippen LogP contribution is 2.33. The van der Waals surface area contributed by atoms with E-state index < -0.39 is 0 Å². The van der Waals surface area contributed by atoms with E-state index in [0.29, 0.717) is 5.69 Å². The summed E-state index contributed by atoms with van der Waals surface area (Å²) in [7, 11) is 0. The average molecular weight is 261 g/mol. The molecule has 2 aromatic rings. The smallest absolute Gasteiger partial charge is 0.326 e. The Bertz CT molecular complexity index is 656. The molecule has 1 aromatic carbocycles. The maximum Gasteiger partial charge on any atom is 0.326 e. The zero-order valence-corrected chi connectivity index (χ0v) is 12.4. The lowest BCUT2D eigenvalue weighted by Gasteiger charge is -2.33. The maximum absolute atomic E-state index is 12.2. The summed E-state index contributed by atoms with van der Waals surface area (Å²) in [6.07, 6.45) is 0.904. The predicted molar refractivity (Wildman–Crippen MR) is 80.4 cm³/mol. The van der Waals surface area contributed by atoms with Crippen LogP contribution in [0.15, 0.2) is 23.0 Å². The molecule has 104 valence electrons. The molecule has 2 rings (SSSR count). The highest BCUT2D eigenvalue weighted by Gasteiger charge is 2.30. The molecule has 0 bridgehead atoms. The van der Waals surface area contributed by atoms with E-state index in [-0.39, 0.29) is 16.6 Å². The number of H-pyrrole nitrogens is 1. The minimum atomic E-state index is -0.263. The summed E-state index contributed by atoms with van der Waals surface area (Å²) in [6, 6.07) is 5.52. The number of benzene rings is 1. The van der Waals surface area contributed by atoms with Crippen LogP contribution in [0.1, 0.15) is 41.0 Å². The molecule has 3 N–H and O–H groups in total. The van der Waals surface area contributed by atoms with Gasteiger partial charge < -0.3 is 10.7 Å². The molecule has 0 aliphatic rings. The van der Waals surface area contributed by atoms with Gasteiger partial charge >= 0.3 is 5.69 Å². The van der Waals surface area contributed by atoms with E-state index in [1.165, 1.54) is 0 Å². The van der Waals surface area contributed by atoms with Crippen molar-refractivity contribution in [3.8, 4) is 0 Å². The van der Waals surface area contributed by atoms with Gasteiger partial charge in [-0.1, -0.05) is 20.8 Å². The van der Waals surface area contributed by atoms with E-state index in [2.05, 4.69) is 39.6 Å². The summed E-state index contributed by atoms with van der Waals surface area (Å²) in [5.74, 6) is 0. The van der Waals surface area contributed by atoms with Gasteiger partial charge in [-0.05, 0) is 43.9 Å². The maximum atomic E-state index is 12.2. The fraction of sp³-hybridized carbons (Fsp3) is 0.533. The number of nitrogen functional groups attached to an aromatic ring is 1. The second-order valence-corrected chi connectivity index (χ2v) is 7.09. The quantitative estimate of drug-likeness (QED) is 0.816. The van der Waals surface area contributed by atoms with Crippen molar-refractivity contribution in [2.75, 3.05) is 5.73 Å². The number of imidazole rings is 1. The third kappa shape index (κ3) is 2.67. The zero-order chi connectivity index (χ0) is 14.4. The predicted octanol–water partition coefficient (Wildman–Crippen LogP) is 3.08. The highest BCUT2D eigenvalue weighted by atomic mass is 16.1. The number of hydrogen-bond acceptors (Lipinski definition) is 2. The molecule has 0 saturated heterocycles. The molecule has 1 aromatic heterocycles. The fourth-order valence-corrected chi connectivity index (χ4v) is 3.10. The number of fused-ring (bicyclic) bond motifs is 1. The minimum absolute atomic E-state index is 0.0742. The number of aromatic amines is 1. The van der Waals surface area contributed by atoms with Crippen LogP contribution in [-0.4, -0.2) is 9.55 Å². The van der Waals surface area contributed by atoms with Crippen molar-refractivity contribution < 1.29 is 0 Å². The lowest BCUT2D eigenvalue weighted by atomic mass is 9.81. The molecule has 0 amide bonds. The topological polar surface area (TPSA) is 63.8 Å². The average Bonchev–Trinajstić information content (AvgIpc) is 2.49. The molecule has 1 heterocycles. The van der Waals surface area contributed by atoms with Crippen molar-refractivity contribution in [1.29, 1.82) is 0 Å². The Kier molecular flexibility index (Phi) is 3.00. The molecule has 0 fully saturated rings. The van der Waals surface area contributed by atoms with Crippen molar-refractivity contribution in [3.63, 3.8) is 0 Å². The molecule has 0 saturated carbocycles. The van der Waals surface area contributed by atoms with Gasteiger partial charge in [0.25, 0.3) is 0 Å². The first kappa shape index (κ1) is 13.7. The molecule has 0 radical (unpaired) electrons. The molecule has 0 aliphatic carbocycles. The van der Waals surface area contributed by atoms with Crippen LogP contribution < -0.4 is 11.4 Å². The van der Waals surface area contributed by atoms with Gasteiger partial charge in [0.1, 0.15) is 0 Å². The van der Waals surface area contributed by atoms with Crippen molar-refractivity contribution in [2.45, 2.75) is 46.6 Å². The lowest BCUT2D eigenvalue weighted by molar-refractivity contribution is 0.215. The first-order valence-electron chi connectivity index (χ1n) is 6.61. The number of nitrogens with one attached hydrogen (secondary N) is 1. The van der Waals surface area contributed by atoms with Gasteiger partial charge in [0.15, 0.2) is 0 Å². The Morgan fingerprint density at radius 3 is 2.42 bits per heavy atom. The normalized spacial score (nSPS) is 13.1. The molecule has 0 atom stereocenters. The lowest BCUT2D eigenvalue weighted by Crippen LogP contribution is -2.37. The van der Waals surface area contributed by atoms with E-state index in [1.54, 1.807) is 6.07 Å². The van der Waals surface area contributed by atoms with Crippen LogP contribution >= 0.6 is 0 Å².